The molecule has 1 aliphatic rings. The molecule has 2 unspecified atom stereocenters. The molecule has 0 saturated carbocycles. The van der Waals surface area contributed by atoms with Gasteiger partial charge in [0.1, 0.15) is 5.78 Å². The van der Waals surface area contributed by atoms with E-state index in [1.54, 1.807) is 16.2 Å². The van der Waals surface area contributed by atoms with E-state index in [1.165, 1.54) is 4.88 Å². The molecule has 0 aliphatic carbocycles. The first-order valence-electron chi connectivity index (χ1n) is 10.6. The van der Waals surface area contributed by atoms with Gasteiger partial charge in [-0.15, -0.1) is 10.3 Å². The zero-order valence-corrected chi connectivity index (χ0v) is 22.9. The Bertz CT molecular complexity index is 855. The van der Waals surface area contributed by atoms with E-state index in [0.717, 1.165) is 49.4 Å². The first kappa shape index (κ1) is 26.7. The van der Waals surface area contributed by atoms with Crippen molar-refractivity contribution in [2.24, 2.45) is 0 Å². The van der Waals surface area contributed by atoms with Gasteiger partial charge in [-0.3, -0.25) is 14.5 Å². The molecular weight excluding hydrogens is 506 g/mol. The fourth-order valence-electron chi connectivity index (χ4n) is 3.70. The predicted molar refractivity (Wildman–Crippen MR) is 124 cm³/mol. The third-order valence-corrected chi connectivity index (χ3v) is 7.78. The number of nitrogens with zero attached hydrogens (tertiary/aromatic N) is 1. The van der Waals surface area contributed by atoms with Gasteiger partial charge in [-0.05, 0) is 44.4 Å². The number of carbonyl (C=O) groups is 2. The molecule has 31 heavy (non-hydrogen) atoms. The van der Waals surface area contributed by atoms with Gasteiger partial charge in [0.25, 0.3) is 5.91 Å². The van der Waals surface area contributed by atoms with E-state index in [4.69, 9.17) is 0 Å². The number of carbonyl (C=O) groups excluding carboxylic acids is 2. The molecule has 1 aliphatic heterocycles. The number of unbranched alkanes of at least 4 members (excludes halogenated alkanes) is 1. The SMILES string of the molecule is CCCCC(=O)C(C)(C)c1ccc(N2C(=O)C(F)SC2CCCc2cc[c-]s2)cc1.[Y]. The van der Waals surface area contributed by atoms with Crippen molar-refractivity contribution >= 4 is 40.5 Å². The van der Waals surface area contributed by atoms with Crippen molar-refractivity contribution in [3.8, 4) is 0 Å². The van der Waals surface area contributed by atoms with Gasteiger partial charge in [-0.2, -0.15) is 6.07 Å². The molecule has 3 rings (SSSR count). The van der Waals surface area contributed by atoms with Crippen LogP contribution in [0, 0.1) is 5.38 Å². The Balaban J connectivity index is 0.00000341. The summed E-state index contributed by atoms with van der Waals surface area (Å²) in [7, 11) is 0. The van der Waals surface area contributed by atoms with Crippen LogP contribution in [0.4, 0.5) is 10.1 Å². The number of hydrogen-bond acceptors (Lipinski definition) is 4. The molecular formula is C24H29FNO2S2Y-. The molecule has 7 heteroatoms. The van der Waals surface area contributed by atoms with Crippen molar-refractivity contribution in [2.75, 3.05) is 4.90 Å². The summed E-state index contributed by atoms with van der Waals surface area (Å²) >= 11 is 2.69. The van der Waals surface area contributed by atoms with E-state index in [2.05, 4.69) is 18.4 Å². The van der Waals surface area contributed by atoms with Crippen molar-refractivity contribution in [2.45, 2.75) is 75.6 Å². The average Bonchev–Trinajstić information content (AvgIpc) is 3.34. The summed E-state index contributed by atoms with van der Waals surface area (Å²) in [6.07, 6.45) is 4.99. The van der Waals surface area contributed by atoms with Crippen molar-refractivity contribution in [1.29, 1.82) is 0 Å². The van der Waals surface area contributed by atoms with E-state index in [0.29, 0.717) is 12.1 Å². The van der Waals surface area contributed by atoms with E-state index in [-0.39, 0.29) is 43.9 Å². The molecule has 1 fully saturated rings. The van der Waals surface area contributed by atoms with E-state index >= 15 is 0 Å². The van der Waals surface area contributed by atoms with Gasteiger partial charge in [0, 0.05) is 50.2 Å². The third kappa shape index (κ3) is 6.49. The molecule has 0 spiro atoms. The number of halogens is 1. The second-order valence-electron chi connectivity index (χ2n) is 8.23. The topological polar surface area (TPSA) is 37.4 Å². The minimum atomic E-state index is -1.52. The summed E-state index contributed by atoms with van der Waals surface area (Å²) in [6.45, 7) is 5.96. The Morgan fingerprint density at radius 3 is 2.52 bits per heavy atom. The fraction of sp³-hybridized carbons (Fsp3) is 0.500. The van der Waals surface area contributed by atoms with Crippen LogP contribution < -0.4 is 4.90 Å². The number of rotatable bonds is 10. The smallest absolute Gasteiger partial charge is 0.273 e. The maximum Gasteiger partial charge on any atom is 0.273 e. The minimum absolute atomic E-state index is 0. The molecule has 3 nitrogen and oxygen atoms in total. The van der Waals surface area contributed by atoms with Crippen molar-refractivity contribution in [3.05, 3.63) is 52.2 Å². The van der Waals surface area contributed by atoms with Gasteiger partial charge in [0.05, 0.1) is 5.37 Å². The molecule has 1 radical (unpaired) electrons. The zero-order chi connectivity index (χ0) is 21.7. The quantitative estimate of drug-likeness (QED) is 0.335. The van der Waals surface area contributed by atoms with Crippen LogP contribution in [0.15, 0.2) is 36.4 Å². The standard InChI is InChI=1S/C24H29FNO2S2.Y/c1-4-5-10-20(27)24(2,3)17-12-14-18(15-13-17)26-21(30-22(25)23(26)28)11-6-8-19-9-7-16-29-19;/h7,9,12-15,21-22H,4-6,8,10-11H2,1-3H3;/q-1;. The maximum atomic E-state index is 14.2. The van der Waals surface area contributed by atoms with Gasteiger partial charge in [-0.1, -0.05) is 50.1 Å². The van der Waals surface area contributed by atoms with Crippen LogP contribution in [-0.4, -0.2) is 22.6 Å². The van der Waals surface area contributed by atoms with Crippen LogP contribution >= 0.6 is 23.1 Å². The van der Waals surface area contributed by atoms with Gasteiger partial charge < -0.3 is 11.3 Å². The van der Waals surface area contributed by atoms with Crippen LogP contribution in [0.3, 0.4) is 0 Å². The summed E-state index contributed by atoms with van der Waals surface area (Å²) in [5, 5.41) is 2.87. The number of thioether (sulfide) groups is 1. The number of Topliss-reactive ketones (excluding diaryl/α,β-unsaturated/α-hetero) is 1. The molecule has 165 valence electrons. The minimum Gasteiger partial charge on any atom is -0.300 e. The van der Waals surface area contributed by atoms with Gasteiger partial charge in [0.15, 0.2) is 0 Å². The van der Waals surface area contributed by atoms with E-state index in [9.17, 15) is 14.0 Å². The first-order chi connectivity index (χ1) is 14.3. The van der Waals surface area contributed by atoms with Crippen molar-refractivity contribution in [3.63, 3.8) is 0 Å². The maximum absolute atomic E-state index is 14.2. The number of benzene rings is 1. The van der Waals surface area contributed by atoms with Crippen LogP contribution in [0.2, 0.25) is 0 Å². The molecule has 1 aromatic carbocycles. The molecule has 1 aromatic heterocycles. The second-order valence-corrected chi connectivity index (χ2v) is 10.4. The Morgan fingerprint density at radius 2 is 1.90 bits per heavy atom. The number of amides is 1. The summed E-state index contributed by atoms with van der Waals surface area (Å²) in [6, 6.07) is 11.5. The molecule has 0 bridgehead atoms. The van der Waals surface area contributed by atoms with E-state index < -0.39 is 16.8 Å². The van der Waals surface area contributed by atoms with Crippen molar-refractivity contribution in [1.82, 2.24) is 0 Å². The van der Waals surface area contributed by atoms with E-state index in [1.807, 2.05) is 44.2 Å². The molecule has 2 atom stereocenters. The van der Waals surface area contributed by atoms with Crippen LogP contribution in [-0.2, 0) is 54.1 Å². The third-order valence-electron chi connectivity index (χ3n) is 5.72. The van der Waals surface area contributed by atoms with Crippen LogP contribution in [0.1, 0.15) is 63.3 Å². The van der Waals surface area contributed by atoms with Crippen molar-refractivity contribution < 1.29 is 46.7 Å². The Hall–Kier alpha value is -0.556. The fourth-order valence-corrected chi connectivity index (χ4v) is 5.53. The second kappa shape index (κ2) is 12.1. The van der Waals surface area contributed by atoms with Gasteiger partial charge >= 0.3 is 0 Å². The number of hydrogen-bond donors (Lipinski definition) is 0. The molecule has 1 amide bonds. The largest absolute Gasteiger partial charge is 0.300 e. The Kier molecular flexibility index (Phi) is 10.4. The zero-order valence-electron chi connectivity index (χ0n) is 18.4. The Labute approximate surface area is 218 Å². The monoisotopic (exact) mass is 535 g/mol. The summed E-state index contributed by atoms with van der Waals surface area (Å²) < 4.78 is 14.2. The average molecular weight is 536 g/mol. The number of ketones is 1. The summed E-state index contributed by atoms with van der Waals surface area (Å²) in [5.74, 6) is -0.266. The number of thiophene rings is 1. The predicted octanol–water partition coefficient (Wildman–Crippen LogP) is 6.31. The van der Waals surface area contributed by atoms with Gasteiger partial charge in [0.2, 0.25) is 5.50 Å². The summed E-state index contributed by atoms with van der Waals surface area (Å²) in [5.41, 5.74) is -0.467. The molecule has 0 N–H and O–H groups in total. The first-order valence-corrected chi connectivity index (χ1v) is 12.3. The number of anilines is 1. The summed E-state index contributed by atoms with van der Waals surface area (Å²) in [4.78, 5) is 27.9. The van der Waals surface area contributed by atoms with Crippen LogP contribution in [0.25, 0.3) is 0 Å². The molecule has 2 heterocycles. The number of aryl methyl sites for hydroxylation is 1. The normalized spacial score (nSPS) is 18.8. The molecule has 2 aromatic rings. The Morgan fingerprint density at radius 1 is 1.19 bits per heavy atom. The van der Waals surface area contributed by atoms with Gasteiger partial charge in [-0.25, -0.2) is 10.5 Å². The van der Waals surface area contributed by atoms with Crippen LogP contribution in [0.5, 0.6) is 0 Å². The number of alkyl halides is 1. The molecule has 1 saturated heterocycles.